The molecule has 0 spiro atoms. The second-order valence-corrected chi connectivity index (χ2v) is 11.1. The molecule has 256 valence electrons. The van der Waals surface area contributed by atoms with Gasteiger partial charge in [0.1, 0.15) is 48.6 Å². The molecule has 3 aromatic heterocycles. The molecule has 14 nitrogen and oxygen atoms in total. The quantitative estimate of drug-likeness (QED) is 0.132. The highest BCUT2D eigenvalue weighted by molar-refractivity contribution is 5.86. The van der Waals surface area contributed by atoms with Gasteiger partial charge in [-0.2, -0.15) is 4.57 Å². The summed E-state index contributed by atoms with van der Waals surface area (Å²) in [6, 6.07) is 5.07. The number of nitrogens with zero attached hydrogens (tertiary/aromatic N) is 7. The first-order valence-corrected chi connectivity index (χ1v) is 14.9. The second-order valence-electron chi connectivity index (χ2n) is 11.1. The molecule has 0 aliphatic rings. The molecule has 0 fully saturated rings. The summed E-state index contributed by atoms with van der Waals surface area (Å²) in [6.45, 7) is 2.75. The maximum Gasteiger partial charge on any atom is 0.418 e. The molecule has 0 saturated heterocycles. The molecule has 1 amide bonds. The van der Waals surface area contributed by atoms with Crippen molar-refractivity contribution >= 4 is 17.9 Å². The van der Waals surface area contributed by atoms with Gasteiger partial charge >= 0.3 is 12.1 Å². The van der Waals surface area contributed by atoms with Gasteiger partial charge in [-0.05, 0) is 31.5 Å². The number of carbonyl (C=O) groups excluding carboxylic acids is 2. The van der Waals surface area contributed by atoms with Gasteiger partial charge < -0.3 is 26.0 Å². The molecule has 3 heterocycles. The number of rotatable bonds is 14. The minimum absolute atomic E-state index is 0.177. The van der Waals surface area contributed by atoms with Crippen LogP contribution in [0.25, 0.3) is 0 Å². The summed E-state index contributed by atoms with van der Waals surface area (Å²) < 4.78 is 57.0. The maximum atomic E-state index is 15.1. The largest absolute Gasteiger partial charge is 0.460 e. The molecule has 0 saturated carbocycles. The van der Waals surface area contributed by atoms with Crippen LogP contribution in [0.2, 0.25) is 0 Å². The van der Waals surface area contributed by atoms with Crippen LogP contribution in [0.5, 0.6) is 0 Å². The number of hydrogen-bond acceptors (Lipinski definition) is 11. The smallest absolute Gasteiger partial charge is 0.418 e. The zero-order valence-electron chi connectivity index (χ0n) is 26.5. The van der Waals surface area contributed by atoms with E-state index in [0.717, 1.165) is 29.6 Å². The van der Waals surface area contributed by atoms with Crippen LogP contribution in [-0.2, 0) is 33.0 Å². The molecular weight excluding hydrogens is 635 g/mol. The summed E-state index contributed by atoms with van der Waals surface area (Å²) in [5.41, 5.74) is 9.05. The highest BCUT2D eigenvalue weighted by Gasteiger charge is 2.43. The Kier molecular flexibility index (Phi) is 11.7. The number of anilines is 1. The Hall–Kier alpha value is -5.00. The minimum atomic E-state index is -2.18. The van der Waals surface area contributed by atoms with E-state index in [1.165, 1.54) is 42.1 Å². The first-order valence-electron chi connectivity index (χ1n) is 14.9. The van der Waals surface area contributed by atoms with Crippen LogP contribution in [-0.4, -0.2) is 61.5 Å². The fourth-order valence-electron chi connectivity index (χ4n) is 4.95. The van der Waals surface area contributed by atoms with Crippen molar-refractivity contribution in [1.29, 1.82) is 0 Å². The lowest BCUT2D eigenvalue weighted by molar-refractivity contribution is -0.753. The molecule has 0 bridgehead atoms. The molecule has 17 heteroatoms. The van der Waals surface area contributed by atoms with Crippen LogP contribution in [0.4, 0.5) is 23.8 Å². The summed E-state index contributed by atoms with van der Waals surface area (Å²) in [7, 11) is 1.43. The van der Waals surface area contributed by atoms with Gasteiger partial charge in [-0.1, -0.05) is 19.1 Å². The molecule has 1 unspecified atom stereocenters. The van der Waals surface area contributed by atoms with Crippen LogP contribution in [0, 0.1) is 17.5 Å². The lowest BCUT2D eigenvalue weighted by Crippen LogP contribution is -2.42. The Morgan fingerprint density at radius 1 is 1.17 bits per heavy atom. The first-order chi connectivity index (χ1) is 22.8. The molecule has 0 radical (unpaired) electrons. The Bertz CT molecular complexity index is 1730. The van der Waals surface area contributed by atoms with Gasteiger partial charge in [-0.15, -0.1) is 4.68 Å². The van der Waals surface area contributed by atoms with E-state index in [-0.39, 0.29) is 23.7 Å². The Morgan fingerprint density at radius 2 is 1.94 bits per heavy atom. The Labute approximate surface area is 274 Å². The molecule has 5 N–H and O–H groups in total. The fourth-order valence-corrected chi connectivity index (χ4v) is 4.95. The molecule has 48 heavy (non-hydrogen) atoms. The highest BCUT2D eigenvalue weighted by Crippen LogP contribution is 2.39. The second kappa shape index (κ2) is 15.7. The van der Waals surface area contributed by atoms with Crippen molar-refractivity contribution in [3.8, 4) is 0 Å². The Morgan fingerprint density at radius 3 is 2.65 bits per heavy atom. The molecule has 1 aromatic carbocycles. The van der Waals surface area contributed by atoms with Crippen molar-refractivity contribution < 1.29 is 41.9 Å². The molecular formula is C31H37F3N9O5+. The van der Waals surface area contributed by atoms with E-state index in [1.807, 2.05) is 0 Å². The SMILES string of the molecule is CC(OC(=O)N(C)c1ncccc1COC(=O)[C@@H](N)CCCN)[n+]1cnn(C[C@](O)(c2ccc(F)cc2F)[C@@H](C)c2ncncc2F)c1. The van der Waals surface area contributed by atoms with Gasteiger partial charge in [-0.25, -0.2) is 32.9 Å². The van der Waals surface area contributed by atoms with Crippen molar-refractivity contribution in [1.82, 2.24) is 24.7 Å². The lowest BCUT2D eigenvalue weighted by atomic mass is 9.79. The number of aromatic nitrogens is 6. The normalized spacial score (nSPS) is 14.4. The standard InChI is InChI=1S/C31H37F3N9O5/c1-19(27-25(34)13-37-16-39-27)31(46,23-9-8-22(32)12-24(23)33)15-43-18-42(17-40-43)20(2)48-30(45)41(3)28-21(6-5-11-38-28)14-47-29(44)26(36)7-4-10-35/h5-6,8-9,11-13,16-20,26,46H,4,7,10,14-15,35-36H2,1-3H3/q+1/t19-,20?,26-,31+/m0/s1. The van der Waals surface area contributed by atoms with E-state index in [4.69, 9.17) is 20.9 Å². The third-order valence-corrected chi connectivity index (χ3v) is 7.77. The van der Waals surface area contributed by atoms with Gasteiger partial charge in [0.05, 0.1) is 11.9 Å². The van der Waals surface area contributed by atoms with Crippen LogP contribution < -0.4 is 20.9 Å². The van der Waals surface area contributed by atoms with E-state index in [0.29, 0.717) is 31.0 Å². The summed E-state index contributed by atoms with van der Waals surface area (Å²) in [4.78, 5) is 38.3. The lowest BCUT2D eigenvalue weighted by Gasteiger charge is -2.32. The van der Waals surface area contributed by atoms with Gasteiger partial charge in [-0.3, -0.25) is 9.69 Å². The van der Waals surface area contributed by atoms with E-state index in [2.05, 4.69) is 20.1 Å². The third-order valence-electron chi connectivity index (χ3n) is 7.77. The molecule has 4 atom stereocenters. The number of halogens is 3. The monoisotopic (exact) mass is 672 g/mol. The van der Waals surface area contributed by atoms with E-state index in [1.54, 1.807) is 19.1 Å². The van der Waals surface area contributed by atoms with Crippen molar-refractivity contribution in [3.05, 3.63) is 96.0 Å². The van der Waals surface area contributed by atoms with Crippen molar-refractivity contribution in [2.75, 3.05) is 18.5 Å². The average molecular weight is 673 g/mol. The zero-order valence-corrected chi connectivity index (χ0v) is 26.5. The number of aliphatic hydroxyl groups is 1. The zero-order chi connectivity index (χ0) is 35.0. The molecule has 4 aromatic rings. The number of esters is 1. The number of carbonyl (C=O) groups is 2. The van der Waals surface area contributed by atoms with Crippen molar-refractivity contribution in [3.63, 3.8) is 0 Å². The highest BCUT2D eigenvalue weighted by atomic mass is 19.1. The third kappa shape index (κ3) is 8.28. The van der Waals surface area contributed by atoms with Crippen molar-refractivity contribution in [2.45, 2.75) is 63.6 Å². The van der Waals surface area contributed by atoms with Crippen molar-refractivity contribution in [2.24, 2.45) is 11.5 Å². The number of ether oxygens (including phenoxy) is 2. The van der Waals surface area contributed by atoms with Gasteiger partial charge in [0, 0.05) is 48.4 Å². The summed E-state index contributed by atoms with van der Waals surface area (Å²) in [6.07, 6.45) is 5.31. The predicted molar refractivity (Wildman–Crippen MR) is 163 cm³/mol. The summed E-state index contributed by atoms with van der Waals surface area (Å²) >= 11 is 0. The van der Waals surface area contributed by atoms with Crippen LogP contribution in [0.1, 0.15) is 55.7 Å². The fraction of sp³-hybridized carbons (Fsp3) is 0.387. The molecule has 0 aliphatic carbocycles. The van der Waals surface area contributed by atoms with E-state index < -0.39 is 59.8 Å². The molecule has 4 rings (SSSR count). The Balaban J connectivity index is 1.49. The number of hydrogen-bond donors (Lipinski definition) is 3. The van der Waals surface area contributed by atoms with Gasteiger partial charge in [0.15, 0.2) is 5.82 Å². The number of benzene rings is 1. The van der Waals surface area contributed by atoms with E-state index >= 15 is 4.39 Å². The van der Waals surface area contributed by atoms with Gasteiger partial charge in [0.2, 0.25) is 12.6 Å². The van der Waals surface area contributed by atoms with Crippen LogP contribution in [0.3, 0.4) is 0 Å². The number of pyridine rings is 1. The maximum absolute atomic E-state index is 15.1. The van der Waals surface area contributed by atoms with Gasteiger partial charge in [0.25, 0.3) is 6.33 Å². The number of nitrogens with two attached hydrogens (primary N) is 2. The first kappa shape index (κ1) is 35.8. The summed E-state index contributed by atoms with van der Waals surface area (Å²) in [5.74, 6) is -4.34. The topological polar surface area (TPSA) is 188 Å². The average Bonchev–Trinajstić information content (AvgIpc) is 3.54. The predicted octanol–water partition coefficient (Wildman–Crippen LogP) is 2.37. The number of amides is 1. The summed E-state index contributed by atoms with van der Waals surface area (Å²) in [5, 5.41) is 16.1. The van der Waals surface area contributed by atoms with E-state index in [9.17, 15) is 23.5 Å². The van der Waals surface area contributed by atoms with Crippen LogP contribution >= 0.6 is 0 Å². The minimum Gasteiger partial charge on any atom is -0.460 e. The molecule has 0 aliphatic heterocycles. The van der Waals surface area contributed by atoms with Crippen LogP contribution in [0.15, 0.2) is 61.7 Å².